The topological polar surface area (TPSA) is 111 Å². The van der Waals surface area contributed by atoms with Crippen LogP contribution in [0, 0.1) is 0 Å². The number of aryl methyl sites for hydroxylation is 3. The number of nitrogens with zero attached hydrogens (tertiary/aromatic N) is 4. The molecule has 9 heteroatoms. The molecule has 0 fully saturated rings. The third kappa shape index (κ3) is 3.94. The lowest BCUT2D eigenvalue weighted by Gasteiger charge is -2.10. The van der Waals surface area contributed by atoms with Crippen molar-refractivity contribution in [2.24, 2.45) is 7.05 Å². The van der Waals surface area contributed by atoms with E-state index in [1.165, 1.54) is 0 Å². The maximum Gasteiger partial charge on any atom is 0.303 e. The first-order chi connectivity index (χ1) is 14.0. The lowest BCUT2D eigenvalue weighted by molar-refractivity contribution is -0.137. The Morgan fingerprint density at radius 2 is 2.10 bits per heavy atom. The Hall–Kier alpha value is -3.36. The first-order valence-electron chi connectivity index (χ1n) is 9.62. The van der Waals surface area contributed by atoms with Gasteiger partial charge in [0, 0.05) is 26.4 Å². The highest BCUT2D eigenvalue weighted by Crippen LogP contribution is 2.33. The number of hydrogen-bond donors (Lipinski definition) is 2. The molecule has 1 aliphatic rings. The van der Waals surface area contributed by atoms with Gasteiger partial charge in [0.2, 0.25) is 6.79 Å². The van der Waals surface area contributed by atoms with Gasteiger partial charge in [-0.1, -0.05) is 13.0 Å². The van der Waals surface area contributed by atoms with Crippen LogP contribution in [0.25, 0.3) is 11.0 Å². The Kier molecular flexibility index (Phi) is 5.20. The van der Waals surface area contributed by atoms with Crippen LogP contribution in [0.3, 0.4) is 0 Å². The molecule has 0 spiro atoms. The van der Waals surface area contributed by atoms with Gasteiger partial charge in [-0.3, -0.25) is 9.48 Å². The number of aromatic nitrogens is 4. The lowest BCUT2D eigenvalue weighted by atomic mass is 10.2. The van der Waals surface area contributed by atoms with Gasteiger partial charge in [0.05, 0.1) is 5.69 Å². The summed E-state index contributed by atoms with van der Waals surface area (Å²) in [5, 5.41) is 16.8. The zero-order chi connectivity index (χ0) is 20.4. The number of carboxylic acids is 1. The molecule has 4 rings (SSSR count). The molecule has 1 aliphatic heterocycles. The summed E-state index contributed by atoms with van der Waals surface area (Å²) in [6.07, 6.45) is 1.84. The minimum Gasteiger partial charge on any atom is -0.481 e. The highest BCUT2D eigenvalue weighted by atomic mass is 16.7. The van der Waals surface area contributed by atoms with Crippen LogP contribution in [0.1, 0.15) is 36.8 Å². The van der Waals surface area contributed by atoms with Gasteiger partial charge < -0.3 is 19.9 Å². The third-order valence-corrected chi connectivity index (χ3v) is 4.82. The number of rotatable bonds is 8. The van der Waals surface area contributed by atoms with Gasteiger partial charge >= 0.3 is 5.97 Å². The lowest BCUT2D eigenvalue weighted by Crippen LogP contribution is -2.08. The number of fused-ring (bicyclic) bond motifs is 2. The number of carbonyl (C=O) groups is 1. The highest BCUT2D eigenvalue weighted by molar-refractivity contribution is 5.87. The highest BCUT2D eigenvalue weighted by Gasteiger charge is 2.17. The predicted molar refractivity (Wildman–Crippen MR) is 106 cm³/mol. The molecule has 152 valence electrons. The van der Waals surface area contributed by atoms with E-state index in [-0.39, 0.29) is 13.2 Å². The average molecular weight is 397 g/mol. The molecule has 1 aromatic carbocycles. The molecule has 0 amide bonds. The first kappa shape index (κ1) is 19.0. The van der Waals surface area contributed by atoms with E-state index in [2.05, 4.69) is 20.4 Å². The van der Waals surface area contributed by atoms with E-state index in [0.717, 1.165) is 40.2 Å². The van der Waals surface area contributed by atoms with E-state index >= 15 is 0 Å². The quantitative estimate of drug-likeness (QED) is 0.597. The minimum absolute atomic E-state index is 0.0923. The van der Waals surface area contributed by atoms with Crippen LogP contribution < -0.4 is 14.8 Å². The zero-order valence-electron chi connectivity index (χ0n) is 16.4. The SMILES string of the molecule is CCc1nn(C)c2c(NCc3ccc4c(c3)OCO4)nc(CCCC(=O)O)nc12. The fourth-order valence-electron chi connectivity index (χ4n) is 3.39. The fourth-order valence-corrected chi connectivity index (χ4v) is 3.39. The van der Waals surface area contributed by atoms with Crippen molar-refractivity contribution >= 4 is 22.8 Å². The molecule has 0 aliphatic carbocycles. The second-order valence-electron chi connectivity index (χ2n) is 6.90. The molecule has 3 aromatic rings. The smallest absolute Gasteiger partial charge is 0.303 e. The molecule has 3 heterocycles. The maximum absolute atomic E-state index is 10.8. The molecular formula is C20H23N5O4. The molecule has 0 radical (unpaired) electrons. The summed E-state index contributed by atoms with van der Waals surface area (Å²) in [5.41, 5.74) is 3.58. The number of benzene rings is 1. The van der Waals surface area contributed by atoms with Crippen molar-refractivity contribution in [1.82, 2.24) is 19.7 Å². The Morgan fingerprint density at radius 3 is 2.90 bits per heavy atom. The summed E-state index contributed by atoms with van der Waals surface area (Å²) >= 11 is 0. The van der Waals surface area contributed by atoms with Crippen molar-refractivity contribution in [1.29, 1.82) is 0 Å². The summed E-state index contributed by atoms with van der Waals surface area (Å²) in [6, 6.07) is 5.82. The molecular weight excluding hydrogens is 374 g/mol. The number of ether oxygens (including phenoxy) is 2. The molecule has 2 aromatic heterocycles. The van der Waals surface area contributed by atoms with E-state index in [9.17, 15) is 4.79 Å². The second kappa shape index (κ2) is 7.94. The first-order valence-corrected chi connectivity index (χ1v) is 9.62. The molecule has 0 atom stereocenters. The van der Waals surface area contributed by atoms with Gasteiger partial charge in [-0.15, -0.1) is 0 Å². The van der Waals surface area contributed by atoms with Crippen LogP contribution in [-0.4, -0.2) is 37.6 Å². The summed E-state index contributed by atoms with van der Waals surface area (Å²) in [5.74, 6) is 1.98. The van der Waals surface area contributed by atoms with Crippen molar-refractivity contribution < 1.29 is 19.4 Å². The maximum atomic E-state index is 10.8. The normalized spacial score (nSPS) is 12.5. The van der Waals surface area contributed by atoms with Crippen molar-refractivity contribution in [2.45, 2.75) is 39.2 Å². The summed E-state index contributed by atoms with van der Waals surface area (Å²) in [6.45, 7) is 2.82. The van der Waals surface area contributed by atoms with E-state index < -0.39 is 5.97 Å². The van der Waals surface area contributed by atoms with E-state index in [0.29, 0.717) is 31.0 Å². The molecule has 29 heavy (non-hydrogen) atoms. The Labute approximate surface area is 167 Å². The van der Waals surface area contributed by atoms with Crippen LogP contribution in [0.5, 0.6) is 11.5 Å². The van der Waals surface area contributed by atoms with E-state index in [4.69, 9.17) is 14.6 Å². The number of anilines is 1. The molecule has 0 saturated heterocycles. The Morgan fingerprint density at radius 1 is 1.28 bits per heavy atom. The standard InChI is InChI=1S/C20H23N5O4/c1-3-13-18-19(25(2)24-13)20(23-16(22-18)5-4-6-17(26)27)21-10-12-7-8-14-15(9-12)29-11-28-14/h7-9H,3-6,10-11H2,1-2H3,(H,26,27)(H,21,22,23). The van der Waals surface area contributed by atoms with Crippen LogP contribution in [0.15, 0.2) is 18.2 Å². The molecule has 9 nitrogen and oxygen atoms in total. The van der Waals surface area contributed by atoms with Gasteiger partial charge in [0.25, 0.3) is 0 Å². The Balaban J connectivity index is 1.62. The number of aliphatic carboxylic acids is 1. The molecule has 0 unspecified atom stereocenters. The van der Waals surface area contributed by atoms with Crippen LogP contribution in [0.2, 0.25) is 0 Å². The van der Waals surface area contributed by atoms with E-state index in [1.54, 1.807) is 4.68 Å². The number of carboxylic acid groups (broad SMARTS) is 1. The van der Waals surface area contributed by atoms with Crippen molar-refractivity contribution in [3.05, 3.63) is 35.3 Å². The van der Waals surface area contributed by atoms with Crippen LogP contribution in [-0.2, 0) is 31.2 Å². The van der Waals surface area contributed by atoms with Gasteiger partial charge in [0.1, 0.15) is 16.9 Å². The van der Waals surface area contributed by atoms with Crippen molar-refractivity contribution in [3.8, 4) is 11.5 Å². The second-order valence-corrected chi connectivity index (χ2v) is 6.90. The minimum atomic E-state index is -0.817. The third-order valence-electron chi connectivity index (χ3n) is 4.82. The molecule has 0 bridgehead atoms. The molecule has 2 N–H and O–H groups in total. The zero-order valence-corrected chi connectivity index (χ0v) is 16.4. The predicted octanol–water partition coefficient (Wildman–Crippen LogP) is 2.67. The summed E-state index contributed by atoms with van der Waals surface area (Å²) < 4.78 is 12.6. The van der Waals surface area contributed by atoms with Crippen molar-refractivity contribution in [3.63, 3.8) is 0 Å². The largest absolute Gasteiger partial charge is 0.481 e. The van der Waals surface area contributed by atoms with E-state index in [1.807, 2.05) is 32.2 Å². The summed E-state index contributed by atoms with van der Waals surface area (Å²) in [7, 11) is 1.88. The summed E-state index contributed by atoms with van der Waals surface area (Å²) in [4.78, 5) is 20.2. The number of nitrogens with one attached hydrogen (secondary N) is 1. The molecule has 0 saturated carbocycles. The monoisotopic (exact) mass is 397 g/mol. The van der Waals surface area contributed by atoms with Gasteiger partial charge in [-0.2, -0.15) is 5.10 Å². The Bertz CT molecular complexity index is 1060. The average Bonchev–Trinajstić information content (AvgIpc) is 3.29. The van der Waals surface area contributed by atoms with Gasteiger partial charge in [-0.25, -0.2) is 9.97 Å². The van der Waals surface area contributed by atoms with Crippen molar-refractivity contribution in [2.75, 3.05) is 12.1 Å². The number of hydrogen-bond acceptors (Lipinski definition) is 7. The van der Waals surface area contributed by atoms with Gasteiger partial charge in [0.15, 0.2) is 17.3 Å². The van der Waals surface area contributed by atoms with Gasteiger partial charge in [-0.05, 0) is 30.5 Å². The fraction of sp³-hybridized carbons (Fsp3) is 0.400. The van der Waals surface area contributed by atoms with Crippen LogP contribution >= 0.6 is 0 Å². The van der Waals surface area contributed by atoms with Crippen LogP contribution in [0.4, 0.5) is 5.82 Å².